The number of halogens is 2. The summed E-state index contributed by atoms with van der Waals surface area (Å²) in [6, 6.07) is 15.0. The minimum atomic E-state index is 0.395. The van der Waals surface area contributed by atoms with Crippen molar-refractivity contribution in [3.63, 3.8) is 0 Å². The third kappa shape index (κ3) is 3.18. The highest BCUT2D eigenvalue weighted by atomic mass is 35.5. The van der Waals surface area contributed by atoms with Crippen LogP contribution in [0.15, 0.2) is 48.5 Å². The number of nitrogens with two attached hydrogens (primary N) is 1. The van der Waals surface area contributed by atoms with Gasteiger partial charge < -0.3 is 10.5 Å². The molecule has 0 saturated heterocycles. The maximum Gasteiger partial charge on any atom is 0.145 e. The number of benzene rings is 2. The Morgan fingerprint density at radius 2 is 1.82 bits per heavy atom. The summed E-state index contributed by atoms with van der Waals surface area (Å²) in [5.74, 6) is 0.929. The first-order chi connectivity index (χ1) is 10.6. The van der Waals surface area contributed by atoms with E-state index >= 15 is 0 Å². The second kappa shape index (κ2) is 6.30. The molecule has 3 N–H and O–H groups in total. The van der Waals surface area contributed by atoms with Gasteiger partial charge in [0.25, 0.3) is 0 Å². The first-order valence-electron chi connectivity index (χ1n) is 6.60. The third-order valence-corrected chi connectivity index (χ3v) is 3.75. The number of H-pyrrole nitrogens is 1. The van der Waals surface area contributed by atoms with Crippen LogP contribution in [0, 0.1) is 0 Å². The number of aromatic nitrogens is 2. The summed E-state index contributed by atoms with van der Waals surface area (Å²) < 4.78 is 5.73. The zero-order valence-electron chi connectivity index (χ0n) is 11.5. The van der Waals surface area contributed by atoms with Crippen LogP contribution >= 0.6 is 23.2 Å². The Morgan fingerprint density at radius 1 is 1.05 bits per heavy atom. The standard InChI is InChI=1S/C16H13Cl2N3O/c17-12-7-15(22-9-10-4-2-1-3-5-10)13(18)6-11(12)14-8-16(19)21-20-14/h1-8H,9H2,(H3,19,20,21). The summed E-state index contributed by atoms with van der Waals surface area (Å²) in [6.07, 6.45) is 0. The molecular formula is C16H13Cl2N3O. The van der Waals surface area contributed by atoms with Gasteiger partial charge in [-0.05, 0) is 11.6 Å². The molecule has 3 rings (SSSR count). The molecule has 0 saturated carbocycles. The molecule has 0 atom stereocenters. The molecule has 0 radical (unpaired) electrons. The molecule has 6 heteroatoms. The Labute approximate surface area is 137 Å². The van der Waals surface area contributed by atoms with Gasteiger partial charge in [-0.25, -0.2) is 0 Å². The van der Waals surface area contributed by atoms with Gasteiger partial charge in [0.2, 0.25) is 0 Å². The molecule has 3 aromatic rings. The van der Waals surface area contributed by atoms with Gasteiger partial charge in [0.15, 0.2) is 0 Å². The number of rotatable bonds is 4. The molecule has 0 spiro atoms. The Morgan fingerprint density at radius 3 is 2.50 bits per heavy atom. The third-order valence-electron chi connectivity index (χ3n) is 3.15. The summed E-state index contributed by atoms with van der Waals surface area (Å²) in [4.78, 5) is 0. The van der Waals surface area contributed by atoms with Crippen LogP contribution in [0.1, 0.15) is 5.56 Å². The number of hydrogen-bond donors (Lipinski definition) is 2. The summed E-state index contributed by atoms with van der Waals surface area (Å²) in [5.41, 5.74) is 8.09. The maximum atomic E-state index is 6.30. The van der Waals surface area contributed by atoms with Gasteiger partial charge in [-0.1, -0.05) is 53.5 Å². The van der Waals surface area contributed by atoms with Gasteiger partial charge in [0, 0.05) is 17.7 Å². The van der Waals surface area contributed by atoms with E-state index in [1.54, 1.807) is 18.2 Å². The normalized spacial score (nSPS) is 10.6. The number of ether oxygens (including phenoxy) is 1. The minimum absolute atomic E-state index is 0.395. The predicted octanol–water partition coefficient (Wildman–Crippen LogP) is 4.54. The maximum absolute atomic E-state index is 6.30. The summed E-state index contributed by atoms with van der Waals surface area (Å²) in [7, 11) is 0. The van der Waals surface area contributed by atoms with Crippen molar-refractivity contribution in [3.8, 4) is 17.0 Å². The Kier molecular flexibility index (Phi) is 4.22. The van der Waals surface area contributed by atoms with Crippen LogP contribution in [0.25, 0.3) is 11.3 Å². The van der Waals surface area contributed by atoms with Crippen molar-refractivity contribution < 1.29 is 4.74 Å². The largest absolute Gasteiger partial charge is 0.487 e. The Hall–Kier alpha value is -2.17. The van der Waals surface area contributed by atoms with Crippen molar-refractivity contribution in [2.24, 2.45) is 0 Å². The van der Waals surface area contributed by atoms with E-state index in [2.05, 4.69) is 10.2 Å². The second-order valence-corrected chi connectivity index (χ2v) is 5.56. The van der Waals surface area contributed by atoms with E-state index < -0.39 is 0 Å². The fourth-order valence-electron chi connectivity index (χ4n) is 2.06. The highest BCUT2D eigenvalue weighted by Gasteiger charge is 2.12. The van der Waals surface area contributed by atoms with E-state index in [0.717, 1.165) is 11.1 Å². The summed E-state index contributed by atoms with van der Waals surface area (Å²) in [5, 5.41) is 7.68. The van der Waals surface area contributed by atoms with Crippen molar-refractivity contribution in [1.82, 2.24) is 10.2 Å². The molecule has 0 aliphatic carbocycles. The van der Waals surface area contributed by atoms with Crippen LogP contribution in [0.5, 0.6) is 5.75 Å². The van der Waals surface area contributed by atoms with Gasteiger partial charge in [-0.3, -0.25) is 5.10 Å². The number of aromatic amines is 1. The molecule has 0 aliphatic rings. The van der Waals surface area contributed by atoms with E-state index in [4.69, 9.17) is 33.7 Å². The van der Waals surface area contributed by atoms with Crippen molar-refractivity contribution in [2.75, 3.05) is 5.73 Å². The number of nitrogens with one attached hydrogen (secondary N) is 1. The lowest BCUT2D eigenvalue weighted by Crippen LogP contribution is -1.96. The van der Waals surface area contributed by atoms with Crippen LogP contribution in [0.2, 0.25) is 10.0 Å². The Bertz CT molecular complexity index is 787. The lowest BCUT2D eigenvalue weighted by atomic mass is 10.1. The highest BCUT2D eigenvalue weighted by molar-refractivity contribution is 6.36. The van der Waals surface area contributed by atoms with Crippen molar-refractivity contribution in [1.29, 1.82) is 0 Å². The number of nitrogens with zero attached hydrogens (tertiary/aromatic N) is 1. The van der Waals surface area contributed by atoms with E-state index in [1.807, 2.05) is 30.3 Å². The molecule has 4 nitrogen and oxygen atoms in total. The van der Waals surface area contributed by atoms with Crippen LogP contribution in [-0.2, 0) is 6.61 Å². The second-order valence-electron chi connectivity index (χ2n) is 4.74. The number of anilines is 1. The van der Waals surface area contributed by atoms with E-state index in [0.29, 0.717) is 33.9 Å². The fraction of sp³-hybridized carbons (Fsp3) is 0.0625. The SMILES string of the molecule is Nc1cc(-c2cc(Cl)c(OCc3ccccc3)cc2Cl)[nH]n1. The molecule has 0 amide bonds. The summed E-state index contributed by atoms with van der Waals surface area (Å²) in [6.45, 7) is 0.424. The van der Waals surface area contributed by atoms with E-state index in [1.165, 1.54) is 0 Å². The van der Waals surface area contributed by atoms with Gasteiger partial charge in [0.05, 0.1) is 15.7 Å². The molecule has 1 heterocycles. The van der Waals surface area contributed by atoms with Crippen molar-refractivity contribution in [2.45, 2.75) is 6.61 Å². The predicted molar refractivity (Wildman–Crippen MR) is 89.2 cm³/mol. The van der Waals surface area contributed by atoms with Crippen LogP contribution in [0.4, 0.5) is 5.82 Å². The van der Waals surface area contributed by atoms with E-state index in [9.17, 15) is 0 Å². The lowest BCUT2D eigenvalue weighted by Gasteiger charge is -2.11. The van der Waals surface area contributed by atoms with Crippen LogP contribution < -0.4 is 10.5 Å². The molecule has 0 fully saturated rings. The van der Waals surface area contributed by atoms with Gasteiger partial charge >= 0.3 is 0 Å². The molecule has 1 aromatic heterocycles. The minimum Gasteiger partial charge on any atom is -0.487 e. The molecule has 0 aliphatic heterocycles. The first kappa shape index (κ1) is 14.8. The van der Waals surface area contributed by atoms with Crippen LogP contribution in [0.3, 0.4) is 0 Å². The number of hydrogen-bond acceptors (Lipinski definition) is 3. The molecular weight excluding hydrogens is 321 g/mol. The number of nitrogen functional groups attached to an aromatic ring is 1. The zero-order chi connectivity index (χ0) is 15.5. The topological polar surface area (TPSA) is 63.9 Å². The average Bonchev–Trinajstić information content (AvgIpc) is 2.95. The van der Waals surface area contributed by atoms with Gasteiger partial charge in [-0.2, -0.15) is 5.10 Å². The smallest absolute Gasteiger partial charge is 0.145 e. The lowest BCUT2D eigenvalue weighted by molar-refractivity contribution is 0.306. The monoisotopic (exact) mass is 333 g/mol. The van der Waals surface area contributed by atoms with E-state index in [-0.39, 0.29) is 0 Å². The first-order valence-corrected chi connectivity index (χ1v) is 7.36. The van der Waals surface area contributed by atoms with Crippen LogP contribution in [-0.4, -0.2) is 10.2 Å². The molecule has 22 heavy (non-hydrogen) atoms. The van der Waals surface area contributed by atoms with Gasteiger partial charge in [-0.15, -0.1) is 0 Å². The highest BCUT2D eigenvalue weighted by Crippen LogP contribution is 2.36. The van der Waals surface area contributed by atoms with Gasteiger partial charge in [0.1, 0.15) is 18.2 Å². The summed E-state index contributed by atoms with van der Waals surface area (Å²) >= 11 is 12.6. The average molecular weight is 334 g/mol. The molecule has 0 unspecified atom stereocenters. The Balaban J connectivity index is 1.83. The zero-order valence-corrected chi connectivity index (χ0v) is 13.0. The molecule has 112 valence electrons. The molecule has 2 aromatic carbocycles. The quantitative estimate of drug-likeness (QED) is 0.736. The van der Waals surface area contributed by atoms with Crippen molar-refractivity contribution in [3.05, 3.63) is 64.1 Å². The fourth-order valence-corrected chi connectivity index (χ4v) is 2.53. The molecule has 0 bridgehead atoms. The van der Waals surface area contributed by atoms with Crippen molar-refractivity contribution >= 4 is 29.0 Å².